The molecular weight excluding hydrogens is 284 g/mol. The predicted molar refractivity (Wildman–Crippen MR) is 86.6 cm³/mol. The van der Waals surface area contributed by atoms with Crippen LogP contribution in [0.2, 0.25) is 0 Å². The van der Waals surface area contributed by atoms with Crippen LogP contribution < -0.4 is 5.73 Å². The molecule has 0 bridgehead atoms. The monoisotopic (exact) mass is 304 g/mol. The van der Waals surface area contributed by atoms with Crippen molar-refractivity contribution in [2.75, 3.05) is 32.4 Å². The summed E-state index contributed by atoms with van der Waals surface area (Å²) in [5.74, 6) is 0.0401. The van der Waals surface area contributed by atoms with Gasteiger partial charge in [-0.2, -0.15) is 0 Å². The third kappa shape index (κ3) is 2.61. The Morgan fingerprint density at radius 1 is 1.48 bits per heavy atom. The molecule has 2 aromatic heterocycles. The van der Waals surface area contributed by atoms with E-state index in [4.69, 9.17) is 5.73 Å². The molecule has 1 unspecified atom stereocenters. The van der Waals surface area contributed by atoms with Crippen LogP contribution in [0.3, 0.4) is 0 Å². The summed E-state index contributed by atoms with van der Waals surface area (Å²) >= 11 is 1.44. The second kappa shape index (κ2) is 5.61. The summed E-state index contributed by atoms with van der Waals surface area (Å²) in [7, 11) is 2.10. The van der Waals surface area contributed by atoms with Crippen molar-refractivity contribution in [1.29, 1.82) is 0 Å². The molecule has 1 aliphatic heterocycles. The highest BCUT2D eigenvalue weighted by Crippen LogP contribution is 2.33. The SMILES string of the molecule is CC1CN(C)CCCN1C(=O)c1sc2cccnc2c1N. The number of pyridine rings is 1. The number of carbonyl (C=O) groups excluding carboxylic acids is 1. The maximum Gasteiger partial charge on any atom is 0.266 e. The summed E-state index contributed by atoms with van der Waals surface area (Å²) in [6, 6.07) is 4.03. The van der Waals surface area contributed by atoms with Crippen LogP contribution in [-0.2, 0) is 0 Å². The number of nitrogens with two attached hydrogens (primary N) is 1. The van der Waals surface area contributed by atoms with E-state index in [1.807, 2.05) is 17.0 Å². The molecule has 1 fully saturated rings. The number of nitrogen functional groups attached to an aromatic ring is 1. The van der Waals surface area contributed by atoms with E-state index in [1.54, 1.807) is 6.20 Å². The summed E-state index contributed by atoms with van der Waals surface area (Å²) in [6.07, 6.45) is 2.71. The van der Waals surface area contributed by atoms with Gasteiger partial charge in [-0.05, 0) is 39.1 Å². The van der Waals surface area contributed by atoms with Crippen molar-refractivity contribution < 1.29 is 4.79 Å². The normalized spacial score (nSPS) is 20.7. The highest BCUT2D eigenvalue weighted by atomic mass is 32.1. The van der Waals surface area contributed by atoms with Gasteiger partial charge in [0.05, 0.1) is 10.4 Å². The van der Waals surface area contributed by atoms with Gasteiger partial charge in [-0.3, -0.25) is 9.78 Å². The van der Waals surface area contributed by atoms with Gasteiger partial charge >= 0.3 is 0 Å². The number of nitrogens with zero attached hydrogens (tertiary/aromatic N) is 3. The predicted octanol–water partition coefficient (Wildman–Crippen LogP) is 2.04. The Hall–Kier alpha value is -1.66. The number of fused-ring (bicyclic) bond motifs is 1. The molecule has 0 aliphatic carbocycles. The van der Waals surface area contributed by atoms with Crippen LogP contribution in [0.1, 0.15) is 23.0 Å². The number of anilines is 1. The second-order valence-corrected chi connectivity index (χ2v) is 6.71. The van der Waals surface area contributed by atoms with Crippen molar-refractivity contribution in [1.82, 2.24) is 14.8 Å². The number of hydrogen-bond acceptors (Lipinski definition) is 5. The molecule has 0 aromatic carbocycles. The van der Waals surface area contributed by atoms with E-state index in [9.17, 15) is 4.79 Å². The van der Waals surface area contributed by atoms with Crippen LogP contribution >= 0.6 is 11.3 Å². The molecule has 0 spiro atoms. The van der Waals surface area contributed by atoms with Crippen molar-refractivity contribution in [3.05, 3.63) is 23.2 Å². The molecule has 1 aliphatic rings. The molecule has 1 atom stereocenters. The fraction of sp³-hybridized carbons (Fsp3) is 0.467. The lowest BCUT2D eigenvalue weighted by atomic mass is 10.2. The Labute approximate surface area is 128 Å². The average molecular weight is 304 g/mol. The van der Waals surface area contributed by atoms with Gasteiger partial charge < -0.3 is 15.5 Å². The van der Waals surface area contributed by atoms with E-state index < -0.39 is 0 Å². The number of likely N-dealkylation sites (N-methyl/N-ethyl adjacent to an activating group) is 1. The summed E-state index contributed by atoms with van der Waals surface area (Å²) in [5.41, 5.74) is 7.41. The second-order valence-electron chi connectivity index (χ2n) is 5.66. The van der Waals surface area contributed by atoms with Crippen molar-refractivity contribution >= 4 is 33.1 Å². The van der Waals surface area contributed by atoms with Gasteiger partial charge in [0.2, 0.25) is 0 Å². The highest BCUT2D eigenvalue weighted by molar-refractivity contribution is 7.21. The van der Waals surface area contributed by atoms with Gasteiger partial charge in [-0.1, -0.05) is 0 Å². The Balaban J connectivity index is 1.94. The number of aromatic nitrogens is 1. The van der Waals surface area contributed by atoms with E-state index in [1.165, 1.54) is 11.3 Å². The molecule has 3 heterocycles. The van der Waals surface area contributed by atoms with Crippen molar-refractivity contribution in [3.8, 4) is 0 Å². The first-order valence-corrected chi connectivity index (χ1v) is 8.02. The third-order valence-corrected chi connectivity index (χ3v) is 5.13. The molecule has 0 radical (unpaired) electrons. The minimum absolute atomic E-state index is 0.0401. The Bertz CT molecular complexity index is 669. The van der Waals surface area contributed by atoms with Gasteiger partial charge in [-0.25, -0.2) is 0 Å². The summed E-state index contributed by atoms with van der Waals surface area (Å²) < 4.78 is 0.970. The van der Waals surface area contributed by atoms with Crippen LogP contribution in [0.5, 0.6) is 0 Å². The van der Waals surface area contributed by atoms with E-state index in [-0.39, 0.29) is 11.9 Å². The van der Waals surface area contributed by atoms with Crippen LogP contribution in [0.4, 0.5) is 5.69 Å². The molecule has 5 nitrogen and oxygen atoms in total. The van der Waals surface area contributed by atoms with Crippen molar-refractivity contribution in [3.63, 3.8) is 0 Å². The van der Waals surface area contributed by atoms with Gasteiger partial charge in [0.25, 0.3) is 5.91 Å². The number of carbonyl (C=O) groups is 1. The Kier molecular flexibility index (Phi) is 3.82. The lowest BCUT2D eigenvalue weighted by Crippen LogP contribution is -2.41. The van der Waals surface area contributed by atoms with Crippen LogP contribution in [0.15, 0.2) is 18.3 Å². The van der Waals surface area contributed by atoms with E-state index in [2.05, 4.69) is 23.9 Å². The van der Waals surface area contributed by atoms with Gasteiger partial charge in [0.1, 0.15) is 10.4 Å². The zero-order chi connectivity index (χ0) is 15.0. The number of thiophene rings is 1. The molecule has 112 valence electrons. The van der Waals surface area contributed by atoms with E-state index >= 15 is 0 Å². The van der Waals surface area contributed by atoms with Gasteiger partial charge in [0, 0.05) is 25.3 Å². The summed E-state index contributed by atoms with van der Waals surface area (Å²) in [6.45, 7) is 4.80. The van der Waals surface area contributed by atoms with E-state index in [0.29, 0.717) is 10.6 Å². The number of hydrogen-bond donors (Lipinski definition) is 1. The molecule has 0 saturated carbocycles. The van der Waals surface area contributed by atoms with Crippen molar-refractivity contribution in [2.24, 2.45) is 0 Å². The van der Waals surface area contributed by atoms with Gasteiger partial charge in [0.15, 0.2) is 0 Å². The smallest absolute Gasteiger partial charge is 0.266 e. The minimum atomic E-state index is 0.0401. The molecule has 1 amide bonds. The van der Waals surface area contributed by atoms with Crippen LogP contribution in [-0.4, -0.2) is 53.4 Å². The van der Waals surface area contributed by atoms with Gasteiger partial charge in [-0.15, -0.1) is 11.3 Å². The first-order valence-electron chi connectivity index (χ1n) is 7.20. The first kappa shape index (κ1) is 14.3. The molecule has 2 aromatic rings. The Morgan fingerprint density at radius 3 is 3.05 bits per heavy atom. The zero-order valence-electron chi connectivity index (χ0n) is 12.4. The molecular formula is C15H20N4OS. The standard InChI is InChI=1S/C15H20N4OS/c1-10-9-18(2)7-4-8-19(10)15(20)14-12(16)13-11(21-14)5-3-6-17-13/h3,5-6,10H,4,7-9,16H2,1-2H3. The lowest BCUT2D eigenvalue weighted by molar-refractivity contribution is 0.0702. The Morgan fingerprint density at radius 2 is 2.29 bits per heavy atom. The van der Waals surface area contributed by atoms with E-state index in [0.717, 1.165) is 36.3 Å². The highest BCUT2D eigenvalue weighted by Gasteiger charge is 2.28. The number of rotatable bonds is 1. The molecule has 21 heavy (non-hydrogen) atoms. The maximum absolute atomic E-state index is 12.9. The fourth-order valence-corrected chi connectivity index (χ4v) is 3.95. The third-order valence-electron chi connectivity index (χ3n) is 3.98. The molecule has 1 saturated heterocycles. The molecule has 2 N–H and O–H groups in total. The van der Waals surface area contributed by atoms with Crippen LogP contribution in [0.25, 0.3) is 10.2 Å². The quantitative estimate of drug-likeness (QED) is 0.876. The largest absolute Gasteiger partial charge is 0.396 e. The minimum Gasteiger partial charge on any atom is -0.396 e. The first-order chi connectivity index (χ1) is 10.1. The molecule has 6 heteroatoms. The number of amides is 1. The lowest BCUT2D eigenvalue weighted by Gasteiger charge is -2.27. The topological polar surface area (TPSA) is 62.5 Å². The summed E-state index contributed by atoms with van der Waals surface area (Å²) in [5, 5.41) is 0. The summed E-state index contributed by atoms with van der Waals surface area (Å²) in [4.78, 5) is 22.0. The molecule has 3 rings (SSSR count). The fourth-order valence-electron chi connectivity index (χ4n) is 2.91. The average Bonchev–Trinajstić information content (AvgIpc) is 2.70. The van der Waals surface area contributed by atoms with Crippen molar-refractivity contribution in [2.45, 2.75) is 19.4 Å². The maximum atomic E-state index is 12.9. The van der Waals surface area contributed by atoms with Crippen LogP contribution in [0, 0.1) is 0 Å². The zero-order valence-corrected chi connectivity index (χ0v) is 13.2.